The Kier molecular flexibility index (Phi) is 3.61. The van der Waals surface area contributed by atoms with E-state index in [0.717, 1.165) is 28.9 Å². The second-order valence-corrected chi connectivity index (χ2v) is 4.40. The van der Waals surface area contributed by atoms with E-state index in [9.17, 15) is 0 Å². The Hall–Kier alpha value is -0.580. The lowest BCUT2D eigenvalue weighted by Gasteiger charge is -2.27. The number of ether oxygens (including phenoxy) is 2. The van der Waals surface area contributed by atoms with Gasteiger partial charge in [0.05, 0.1) is 19.8 Å². The second-order valence-electron chi connectivity index (χ2n) is 3.55. The smallest absolute Gasteiger partial charge is 0.119 e. The number of halogens is 1. The predicted octanol–water partition coefficient (Wildman–Crippen LogP) is 1.95. The van der Waals surface area contributed by atoms with E-state index >= 15 is 0 Å². The Bertz CT molecular complexity index is 339. The molecule has 0 spiro atoms. The third kappa shape index (κ3) is 2.71. The molecule has 0 aromatic heterocycles. The highest BCUT2D eigenvalue weighted by molar-refractivity contribution is 9.10. The molecular weight excluding hydrogens is 258 g/mol. The summed E-state index contributed by atoms with van der Waals surface area (Å²) in [6.45, 7) is 2.55. The van der Waals surface area contributed by atoms with Gasteiger partial charge in [0.2, 0.25) is 0 Å². The number of benzene rings is 1. The molecule has 1 aromatic carbocycles. The molecule has 0 amide bonds. The molecule has 0 unspecified atom stereocenters. The van der Waals surface area contributed by atoms with Crippen LogP contribution in [0.3, 0.4) is 0 Å². The molecule has 82 valence electrons. The molecule has 1 saturated heterocycles. The zero-order valence-electron chi connectivity index (χ0n) is 8.63. The first-order chi connectivity index (χ1) is 7.29. The van der Waals surface area contributed by atoms with Gasteiger partial charge in [-0.1, -0.05) is 15.9 Å². The fourth-order valence-corrected chi connectivity index (χ4v) is 1.74. The van der Waals surface area contributed by atoms with E-state index in [4.69, 9.17) is 9.47 Å². The standard InChI is InChI=1S/C11H14BrNO2/c1-14-9-2-3-11(12)8(4-9)7-15-10-5-13-6-10/h2-4,10,13H,5-7H2,1H3. The Labute approximate surface area is 97.9 Å². The summed E-state index contributed by atoms with van der Waals surface area (Å²) in [7, 11) is 1.67. The van der Waals surface area contributed by atoms with Crippen molar-refractivity contribution in [1.29, 1.82) is 0 Å². The molecule has 2 rings (SSSR count). The van der Waals surface area contributed by atoms with Crippen molar-refractivity contribution < 1.29 is 9.47 Å². The van der Waals surface area contributed by atoms with Gasteiger partial charge >= 0.3 is 0 Å². The third-order valence-corrected chi connectivity index (χ3v) is 3.25. The fourth-order valence-electron chi connectivity index (χ4n) is 1.38. The summed E-state index contributed by atoms with van der Waals surface area (Å²) >= 11 is 3.50. The van der Waals surface area contributed by atoms with Crippen LogP contribution in [0.2, 0.25) is 0 Å². The maximum Gasteiger partial charge on any atom is 0.119 e. The summed E-state index contributed by atoms with van der Waals surface area (Å²) in [6, 6.07) is 5.91. The lowest BCUT2D eigenvalue weighted by molar-refractivity contribution is 0.00727. The number of rotatable bonds is 4. The van der Waals surface area contributed by atoms with Crippen molar-refractivity contribution in [2.45, 2.75) is 12.7 Å². The first-order valence-electron chi connectivity index (χ1n) is 4.94. The second kappa shape index (κ2) is 4.96. The van der Waals surface area contributed by atoms with Crippen molar-refractivity contribution >= 4 is 15.9 Å². The molecular formula is C11H14BrNO2. The van der Waals surface area contributed by atoms with Crippen LogP contribution in [0.4, 0.5) is 0 Å². The maximum atomic E-state index is 5.70. The molecule has 0 atom stereocenters. The summed E-state index contributed by atoms with van der Waals surface area (Å²) in [5, 5.41) is 3.17. The van der Waals surface area contributed by atoms with E-state index in [2.05, 4.69) is 21.2 Å². The number of methoxy groups -OCH3 is 1. The Balaban J connectivity index is 1.98. The highest BCUT2D eigenvalue weighted by atomic mass is 79.9. The van der Waals surface area contributed by atoms with E-state index in [1.165, 1.54) is 0 Å². The Morgan fingerprint density at radius 2 is 2.27 bits per heavy atom. The van der Waals surface area contributed by atoms with Crippen LogP contribution in [-0.2, 0) is 11.3 Å². The van der Waals surface area contributed by atoms with Crippen molar-refractivity contribution in [3.05, 3.63) is 28.2 Å². The molecule has 4 heteroatoms. The summed E-state index contributed by atoms with van der Waals surface area (Å²) < 4.78 is 11.9. The molecule has 0 bridgehead atoms. The van der Waals surface area contributed by atoms with Gasteiger partial charge in [0.25, 0.3) is 0 Å². The van der Waals surface area contributed by atoms with Crippen molar-refractivity contribution in [2.75, 3.05) is 20.2 Å². The topological polar surface area (TPSA) is 30.5 Å². The average molecular weight is 272 g/mol. The van der Waals surface area contributed by atoms with Crippen LogP contribution >= 0.6 is 15.9 Å². The van der Waals surface area contributed by atoms with Crippen LogP contribution in [0, 0.1) is 0 Å². The molecule has 1 aromatic rings. The largest absolute Gasteiger partial charge is 0.497 e. The van der Waals surface area contributed by atoms with E-state index in [1.807, 2.05) is 18.2 Å². The zero-order valence-corrected chi connectivity index (χ0v) is 10.2. The lowest BCUT2D eigenvalue weighted by atomic mass is 10.2. The van der Waals surface area contributed by atoms with Gasteiger partial charge in [0.15, 0.2) is 0 Å². The first kappa shape index (κ1) is 10.9. The maximum absolute atomic E-state index is 5.70. The molecule has 15 heavy (non-hydrogen) atoms. The van der Waals surface area contributed by atoms with Gasteiger partial charge in [-0.2, -0.15) is 0 Å². The van der Waals surface area contributed by atoms with Crippen LogP contribution < -0.4 is 10.1 Å². The van der Waals surface area contributed by atoms with Crippen molar-refractivity contribution in [2.24, 2.45) is 0 Å². The van der Waals surface area contributed by atoms with E-state index in [0.29, 0.717) is 12.7 Å². The minimum absolute atomic E-state index is 0.364. The quantitative estimate of drug-likeness (QED) is 0.908. The van der Waals surface area contributed by atoms with Gasteiger partial charge in [0.1, 0.15) is 5.75 Å². The van der Waals surface area contributed by atoms with Crippen molar-refractivity contribution in [3.8, 4) is 5.75 Å². The van der Waals surface area contributed by atoms with E-state index < -0.39 is 0 Å². The van der Waals surface area contributed by atoms with Crippen molar-refractivity contribution in [1.82, 2.24) is 5.32 Å². The van der Waals surface area contributed by atoms with Gasteiger partial charge in [0, 0.05) is 17.6 Å². The van der Waals surface area contributed by atoms with Gasteiger partial charge in [-0.3, -0.25) is 0 Å². The number of hydrogen-bond acceptors (Lipinski definition) is 3. The molecule has 1 fully saturated rings. The van der Waals surface area contributed by atoms with E-state index in [1.54, 1.807) is 7.11 Å². The monoisotopic (exact) mass is 271 g/mol. The minimum Gasteiger partial charge on any atom is -0.497 e. The Morgan fingerprint density at radius 3 is 2.87 bits per heavy atom. The zero-order chi connectivity index (χ0) is 10.7. The number of nitrogens with one attached hydrogen (secondary N) is 1. The molecule has 1 aliphatic rings. The SMILES string of the molecule is COc1ccc(Br)c(COC2CNC2)c1. The van der Waals surface area contributed by atoms with Gasteiger partial charge < -0.3 is 14.8 Å². The van der Waals surface area contributed by atoms with Crippen LogP contribution in [0.1, 0.15) is 5.56 Å². The normalized spacial score (nSPS) is 16.1. The number of hydrogen-bond donors (Lipinski definition) is 1. The molecule has 3 nitrogen and oxygen atoms in total. The van der Waals surface area contributed by atoms with Crippen molar-refractivity contribution in [3.63, 3.8) is 0 Å². The van der Waals surface area contributed by atoms with Crippen LogP contribution in [-0.4, -0.2) is 26.3 Å². The summed E-state index contributed by atoms with van der Waals surface area (Å²) in [5.41, 5.74) is 1.13. The van der Waals surface area contributed by atoms with Gasteiger partial charge in [-0.05, 0) is 23.8 Å². The molecule has 0 radical (unpaired) electrons. The van der Waals surface area contributed by atoms with Gasteiger partial charge in [-0.25, -0.2) is 0 Å². The predicted molar refractivity (Wildman–Crippen MR) is 62.1 cm³/mol. The third-order valence-electron chi connectivity index (χ3n) is 2.47. The highest BCUT2D eigenvalue weighted by Crippen LogP contribution is 2.23. The van der Waals surface area contributed by atoms with Crippen LogP contribution in [0.5, 0.6) is 5.75 Å². The fraction of sp³-hybridized carbons (Fsp3) is 0.455. The molecule has 1 N–H and O–H groups in total. The highest BCUT2D eigenvalue weighted by Gasteiger charge is 2.17. The summed E-state index contributed by atoms with van der Waals surface area (Å²) in [5.74, 6) is 0.864. The van der Waals surface area contributed by atoms with Gasteiger partial charge in [-0.15, -0.1) is 0 Å². The average Bonchev–Trinajstić information content (AvgIpc) is 2.18. The molecule has 1 aliphatic heterocycles. The van der Waals surface area contributed by atoms with E-state index in [-0.39, 0.29) is 0 Å². The first-order valence-corrected chi connectivity index (χ1v) is 5.73. The lowest BCUT2D eigenvalue weighted by Crippen LogP contribution is -2.48. The summed E-state index contributed by atoms with van der Waals surface area (Å²) in [4.78, 5) is 0. The molecule has 0 saturated carbocycles. The molecule has 0 aliphatic carbocycles. The Morgan fingerprint density at radius 1 is 1.47 bits per heavy atom. The minimum atomic E-state index is 0.364. The van der Waals surface area contributed by atoms with Crippen LogP contribution in [0.25, 0.3) is 0 Å². The summed E-state index contributed by atoms with van der Waals surface area (Å²) in [6.07, 6.45) is 0.364. The van der Waals surface area contributed by atoms with Crippen LogP contribution in [0.15, 0.2) is 22.7 Å². The molecule has 1 heterocycles.